The van der Waals surface area contributed by atoms with Crippen LogP contribution in [0.15, 0.2) is 89.2 Å². The van der Waals surface area contributed by atoms with Crippen molar-refractivity contribution in [3.05, 3.63) is 101 Å². The van der Waals surface area contributed by atoms with Crippen molar-refractivity contribution in [2.75, 3.05) is 0 Å². The smallest absolute Gasteiger partial charge is 0.265 e. The number of benzene rings is 3. The van der Waals surface area contributed by atoms with Crippen LogP contribution in [0.1, 0.15) is 11.1 Å². The number of nitrogens with zero attached hydrogens (tertiary/aromatic N) is 2. The van der Waals surface area contributed by atoms with Crippen LogP contribution in [-0.2, 0) is 11.0 Å². The number of halogens is 5. The summed E-state index contributed by atoms with van der Waals surface area (Å²) in [6.07, 6.45) is -3.81. The van der Waals surface area contributed by atoms with Crippen LogP contribution in [0, 0.1) is 5.82 Å². The summed E-state index contributed by atoms with van der Waals surface area (Å²) in [4.78, 5) is 11.2. The monoisotopic (exact) mass is 432 g/mol. The van der Waals surface area contributed by atoms with Crippen LogP contribution in [0.2, 0.25) is 5.02 Å². The molecule has 0 unspecified atom stereocenters. The van der Waals surface area contributed by atoms with Gasteiger partial charge in [0.15, 0.2) is 0 Å². The molecule has 152 valence electrons. The molecular formula is C22H13ClF4N2O. The summed E-state index contributed by atoms with van der Waals surface area (Å²) >= 11 is 5.38. The second-order valence-electron chi connectivity index (χ2n) is 6.11. The predicted octanol–water partition coefficient (Wildman–Crippen LogP) is 7.18. The van der Waals surface area contributed by atoms with Gasteiger partial charge in [-0.3, -0.25) is 4.79 Å². The molecule has 0 fully saturated rings. The third kappa shape index (κ3) is 4.99. The van der Waals surface area contributed by atoms with Gasteiger partial charge in [0, 0.05) is 5.56 Å². The van der Waals surface area contributed by atoms with E-state index in [4.69, 9.17) is 11.6 Å². The fraction of sp³-hybridized carbons (Fsp3) is 0.0455. The molecule has 0 aromatic heterocycles. The molecule has 1 aliphatic heterocycles. The van der Waals surface area contributed by atoms with E-state index in [1.165, 1.54) is 11.1 Å². The molecule has 0 aliphatic carbocycles. The van der Waals surface area contributed by atoms with E-state index in [-0.39, 0.29) is 5.57 Å². The Morgan fingerprint density at radius 2 is 1.37 bits per heavy atom. The third-order valence-corrected chi connectivity index (χ3v) is 4.37. The van der Waals surface area contributed by atoms with Crippen molar-refractivity contribution in [2.45, 2.75) is 6.18 Å². The first-order valence-corrected chi connectivity index (χ1v) is 8.97. The molecule has 1 heterocycles. The Hall–Kier alpha value is -3.32. The van der Waals surface area contributed by atoms with Crippen LogP contribution in [0.3, 0.4) is 0 Å². The number of carbonyl (C=O) groups is 1. The lowest BCUT2D eigenvalue weighted by atomic mass is 10.0. The molecule has 0 N–H and O–H groups in total. The highest BCUT2D eigenvalue weighted by Crippen LogP contribution is 2.36. The summed E-state index contributed by atoms with van der Waals surface area (Å²) in [5.41, 5.74) is 0.478. The minimum Gasteiger partial charge on any atom is -0.265 e. The summed E-state index contributed by atoms with van der Waals surface area (Å²) in [5.74, 6) is -2.03. The quantitative estimate of drug-likeness (QED) is 0.395. The van der Waals surface area contributed by atoms with E-state index >= 15 is 0 Å². The van der Waals surface area contributed by atoms with E-state index in [1.54, 1.807) is 0 Å². The van der Waals surface area contributed by atoms with Crippen molar-refractivity contribution in [1.29, 1.82) is 0 Å². The van der Waals surface area contributed by atoms with Gasteiger partial charge in [-0.25, -0.2) is 4.39 Å². The Bertz CT molecular complexity index is 1070. The molecule has 0 spiro atoms. The number of carbonyl (C=O) groups excluding carboxylic acids is 1. The lowest BCUT2D eigenvalue weighted by Gasteiger charge is -2.10. The van der Waals surface area contributed by atoms with Crippen molar-refractivity contribution in [1.82, 2.24) is 0 Å². The molecule has 0 bridgehead atoms. The molecule has 3 aromatic rings. The highest BCUT2D eigenvalue weighted by atomic mass is 35.5. The Balaban J connectivity index is 0.000000184. The van der Waals surface area contributed by atoms with E-state index in [0.29, 0.717) is 12.1 Å². The average Bonchev–Trinajstić information content (AvgIpc) is 3.16. The van der Waals surface area contributed by atoms with E-state index in [1.807, 2.05) is 12.1 Å². The normalized spacial score (nSPS) is 13.0. The molecule has 8 heteroatoms. The van der Waals surface area contributed by atoms with E-state index < -0.39 is 34.1 Å². The highest BCUT2D eigenvalue weighted by molar-refractivity contribution is 6.31. The lowest BCUT2D eigenvalue weighted by Crippen LogP contribution is -2.08. The zero-order valence-corrected chi connectivity index (χ0v) is 16.0. The molecule has 4 rings (SSSR count). The van der Waals surface area contributed by atoms with Gasteiger partial charge in [-0.2, -0.15) is 18.3 Å². The number of alkyl halides is 3. The molecule has 0 radical (unpaired) electrons. The molecular weight excluding hydrogens is 420 g/mol. The van der Waals surface area contributed by atoms with Crippen molar-refractivity contribution in [3.63, 3.8) is 0 Å². The number of rotatable bonds is 2. The number of azo groups is 1. The number of amides is 1. The summed E-state index contributed by atoms with van der Waals surface area (Å²) < 4.78 is 51.2. The maximum atomic E-state index is 13.6. The maximum Gasteiger partial charge on any atom is 0.416 e. The Morgan fingerprint density at radius 1 is 0.833 bits per heavy atom. The van der Waals surface area contributed by atoms with Crippen molar-refractivity contribution in [2.24, 2.45) is 10.2 Å². The minimum atomic E-state index is -4.69. The fourth-order valence-electron chi connectivity index (χ4n) is 2.64. The van der Waals surface area contributed by atoms with Crippen LogP contribution in [0.4, 0.5) is 17.6 Å². The Labute approximate surface area is 174 Å². The van der Waals surface area contributed by atoms with E-state index in [9.17, 15) is 22.4 Å². The second kappa shape index (κ2) is 9.00. The molecule has 3 nitrogen and oxygen atoms in total. The fourth-order valence-corrected chi connectivity index (χ4v) is 2.86. The average molecular weight is 433 g/mol. The third-order valence-electron chi connectivity index (χ3n) is 4.09. The van der Waals surface area contributed by atoms with Crippen LogP contribution in [-0.4, -0.2) is 5.91 Å². The predicted molar refractivity (Wildman–Crippen MR) is 106 cm³/mol. The van der Waals surface area contributed by atoms with E-state index in [2.05, 4.69) is 58.8 Å². The van der Waals surface area contributed by atoms with Gasteiger partial charge < -0.3 is 0 Å². The van der Waals surface area contributed by atoms with Gasteiger partial charge in [-0.05, 0) is 23.3 Å². The SMILES string of the molecule is O=C1N=NC=C1c1cc(C(F)(F)F)cc(Cl)c1F.c1ccc(-c2ccccc2)cc1. The van der Waals surface area contributed by atoms with Crippen LogP contribution < -0.4 is 0 Å². The number of hydrogen-bond acceptors (Lipinski definition) is 2. The molecule has 0 saturated carbocycles. The molecule has 30 heavy (non-hydrogen) atoms. The number of hydrogen-bond donors (Lipinski definition) is 0. The van der Waals surface area contributed by atoms with Gasteiger partial charge >= 0.3 is 6.18 Å². The van der Waals surface area contributed by atoms with Crippen molar-refractivity contribution < 1.29 is 22.4 Å². The van der Waals surface area contributed by atoms with Crippen LogP contribution >= 0.6 is 11.6 Å². The van der Waals surface area contributed by atoms with Crippen molar-refractivity contribution >= 4 is 23.1 Å². The highest BCUT2D eigenvalue weighted by Gasteiger charge is 2.33. The Kier molecular flexibility index (Phi) is 6.42. The van der Waals surface area contributed by atoms with Gasteiger partial charge in [0.25, 0.3) is 5.91 Å². The molecule has 0 atom stereocenters. The zero-order chi connectivity index (χ0) is 21.7. The van der Waals surface area contributed by atoms with Gasteiger partial charge in [0.2, 0.25) is 0 Å². The van der Waals surface area contributed by atoms with Gasteiger partial charge in [-0.1, -0.05) is 72.3 Å². The summed E-state index contributed by atoms with van der Waals surface area (Å²) in [7, 11) is 0. The summed E-state index contributed by atoms with van der Waals surface area (Å²) in [6, 6.07) is 21.7. The van der Waals surface area contributed by atoms with Gasteiger partial charge in [-0.15, -0.1) is 5.11 Å². The first-order valence-electron chi connectivity index (χ1n) is 8.60. The Morgan fingerprint density at radius 3 is 1.80 bits per heavy atom. The summed E-state index contributed by atoms with van der Waals surface area (Å²) in [5, 5.41) is 5.54. The molecule has 0 saturated heterocycles. The van der Waals surface area contributed by atoms with Crippen LogP contribution in [0.25, 0.3) is 16.7 Å². The molecule has 1 aliphatic rings. The molecule has 3 aromatic carbocycles. The minimum absolute atomic E-state index is 0.361. The first kappa shape index (κ1) is 21.4. The van der Waals surface area contributed by atoms with Crippen molar-refractivity contribution in [3.8, 4) is 11.1 Å². The topological polar surface area (TPSA) is 41.8 Å². The second-order valence-corrected chi connectivity index (χ2v) is 6.52. The van der Waals surface area contributed by atoms with E-state index in [0.717, 1.165) is 6.20 Å². The summed E-state index contributed by atoms with van der Waals surface area (Å²) in [6.45, 7) is 0. The first-order chi connectivity index (χ1) is 14.3. The standard InChI is InChI=1S/C12H10.C10H3ClF4N2O/c1-3-7-11(8-4-1)12-9-5-2-6-10-12;11-7-2-4(10(13,14)15)1-5(8(7)12)6-3-16-17-9(6)18/h1-10H;1-3H. The molecule has 1 amide bonds. The largest absolute Gasteiger partial charge is 0.416 e. The van der Waals surface area contributed by atoms with Crippen LogP contribution in [0.5, 0.6) is 0 Å². The lowest BCUT2D eigenvalue weighted by molar-refractivity contribution is -0.137. The zero-order valence-electron chi connectivity index (χ0n) is 15.2. The maximum absolute atomic E-state index is 13.6. The van der Waals surface area contributed by atoms with Gasteiger partial charge in [0.05, 0.1) is 22.4 Å². The van der Waals surface area contributed by atoms with Gasteiger partial charge in [0.1, 0.15) is 5.82 Å².